The number of anilines is 2. The van der Waals surface area contributed by atoms with Crippen molar-refractivity contribution in [2.45, 2.75) is 12.4 Å². The third-order valence-corrected chi connectivity index (χ3v) is 2.88. The summed E-state index contributed by atoms with van der Waals surface area (Å²) in [6, 6.07) is 8.40. The van der Waals surface area contributed by atoms with Crippen LogP contribution in [-0.4, -0.2) is 12.8 Å². The molecule has 0 saturated heterocycles. The Balaban J connectivity index is 0.000000260. The second kappa shape index (κ2) is 8.88. The summed E-state index contributed by atoms with van der Waals surface area (Å²) in [6.45, 7) is 0. The molecule has 140 valence electrons. The fraction of sp³-hybridized carbons (Fsp3) is 0.125. The van der Waals surface area contributed by atoms with Crippen molar-refractivity contribution in [3.8, 4) is 0 Å². The van der Waals surface area contributed by atoms with Crippen molar-refractivity contribution in [1.82, 2.24) is 0 Å². The summed E-state index contributed by atoms with van der Waals surface area (Å²) in [7, 11) is 0. The van der Waals surface area contributed by atoms with E-state index in [0.29, 0.717) is 24.2 Å². The van der Waals surface area contributed by atoms with Crippen LogP contribution in [0, 0.1) is 0 Å². The minimum absolute atomic E-state index is 0.336. The molecule has 26 heavy (non-hydrogen) atoms. The molecule has 0 bridgehead atoms. The maximum absolute atomic E-state index is 12.0. The third-order valence-electron chi connectivity index (χ3n) is 2.88. The van der Waals surface area contributed by atoms with Crippen molar-refractivity contribution in [3.63, 3.8) is 0 Å². The van der Waals surface area contributed by atoms with Gasteiger partial charge in [0, 0.05) is 11.4 Å². The number of rotatable bonds is 4. The van der Waals surface area contributed by atoms with Gasteiger partial charge in [0.2, 0.25) is 12.8 Å². The molecule has 0 saturated carbocycles. The van der Waals surface area contributed by atoms with Crippen molar-refractivity contribution in [1.29, 1.82) is 0 Å². The van der Waals surface area contributed by atoms with Crippen molar-refractivity contribution in [2.24, 2.45) is 0 Å². The summed E-state index contributed by atoms with van der Waals surface area (Å²) >= 11 is 0. The molecule has 0 aliphatic heterocycles. The molecule has 2 aromatic carbocycles. The van der Waals surface area contributed by atoms with Gasteiger partial charge in [-0.3, -0.25) is 9.59 Å². The van der Waals surface area contributed by atoms with Gasteiger partial charge in [-0.25, -0.2) is 0 Å². The summed E-state index contributed by atoms with van der Waals surface area (Å²) < 4.78 is 72.1. The molecule has 2 rings (SSSR count). The molecular weight excluding hydrogens is 366 g/mol. The van der Waals surface area contributed by atoms with Crippen LogP contribution in [0.1, 0.15) is 11.1 Å². The first-order chi connectivity index (χ1) is 12.1. The molecular formula is C16H12F6N2O2. The van der Waals surface area contributed by atoms with Gasteiger partial charge in [-0.1, -0.05) is 0 Å². The smallest absolute Gasteiger partial charge is 0.329 e. The first-order valence-electron chi connectivity index (χ1n) is 6.83. The van der Waals surface area contributed by atoms with E-state index >= 15 is 0 Å². The maximum Gasteiger partial charge on any atom is 0.416 e. The summed E-state index contributed by atoms with van der Waals surface area (Å²) in [6.07, 6.45) is -7.86. The van der Waals surface area contributed by atoms with E-state index in [1.165, 1.54) is 24.3 Å². The van der Waals surface area contributed by atoms with Crippen LogP contribution in [0.4, 0.5) is 37.7 Å². The highest BCUT2D eigenvalue weighted by atomic mass is 19.4. The Morgan fingerprint density at radius 2 is 0.846 bits per heavy atom. The topological polar surface area (TPSA) is 58.2 Å². The molecule has 0 aliphatic rings. The number of carbonyl (C=O) groups excluding carboxylic acids is 2. The minimum Gasteiger partial charge on any atom is -0.329 e. The Morgan fingerprint density at radius 1 is 0.577 bits per heavy atom. The van der Waals surface area contributed by atoms with Crippen LogP contribution in [0.25, 0.3) is 0 Å². The average Bonchev–Trinajstić information content (AvgIpc) is 2.55. The van der Waals surface area contributed by atoms with Crippen molar-refractivity contribution < 1.29 is 35.9 Å². The lowest BCUT2D eigenvalue weighted by Crippen LogP contribution is -2.04. The molecule has 2 amide bonds. The fourth-order valence-electron chi connectivity index (χ4n) is 1.65. The number of alkyl halides is 6. The van der Waals surface area contributed by atoms with Crippen molar-refractivity contribution in [2.75, 3.05) is 10.6 Å². The standard InChI is InChI=1S/2C8H6F3NO/c2*9-8(10,11)6-1-3-7(4-2-6)12-5-13/h2*1-5H,(H,12,13). The summed E-state index contributed by atoms with van der Waals surface area (Å²) in [5.74, 6) is 0. The van der Waals surface area contributed by atoms with Crippen LogP contribution >= 0.6 is 0 Å². The van der Waals surface area contributed by atoms with Gasteiger partial charge in [0.15, 0.2) is 0 Å². The molecule has 0 fully saturated rings. The summed E-state index contributed by atoms with van der Waals surface area (Å²) in [5, 5.41) is 4.48. The third kappa shape index (κ3) is 6.83. The number of carbonyl (C=O) groups is 2. The Bertz CT molecular complexity index is 646. The summed E-state index contributed by atoms with van der Waals surface area (Å²) in [4.78, 5) is 19.8. The van der Waals surface area contributed by atoms with E-state index < -0.39 is 23.5 Å². The SMILES string of the molecule is O=CNc1ccc(C(F)(F)F)cc1.O=CNc1ccc(C(F)(F)F)cc1. The monoisotopic (exact) mass is 378 g/mol. The van der Waals surface area contributed by atoms with Gasteiger partial charge in [-0.2, -0.15) is 26.3 Å². The van der Waals surface area contributed by atoms with E-state index in [4.69, 9.17) is 0 Å². The average molecular weight is 378 g/mol. The lowest BCUT2D eigenvalue weighted by molar-refractivity contribution is -0.138. The number of halogens is 6. The first kappa shape index (κ1) is 21.0. The largest absolute Gasteiger partial charge is 0.416 e. The van der Waals surface area contributed by atoms with Gasteiger partial charge < -0.3 is 10.6 Å². The molecule has 0 heterocycles. The molecule has 2 N–H and O–H groups in total. The van der Waals surface area contributed by atoms with Gasteiger partial charge in [-0.05, 0) is 48.5 Å². The van der Waals surface area contributed by atoms with E-state index in [0.717, 1.165) is 24.3 Å². The first-order valence-corrected chi connectivity index (χ1v) is 6.83. The molecule has 0 radical (unpaired) electrons. The molecule has 2 aromatic rings. The van der Waals surface area contributed by atoms with Crippen LogP contribution in [0.3, 0.4) is 0 Å². The van der Waals surface area contributed by atoms with Crippen LogP contribution in [0.15, 0.2) is 48.5 Å². The molecule has 10 heteroatoms. The number of hydrogen-bond donors (Lipinski definition) is 2. The van der Waals surface area contributed by atoms with E-state index in [-0.39, 0.29) is 0 Å². The molecule has 0 aliphatic carbocycles. The molecule has 4 nitrogen and oxygen atoms in total. The molecule has 0 spiro atoms. The van der Waals surface area contributed by atoms with Crippen LogP contribution in [-0.2, 0) is 21.9 Å². The zero-order chi connectivity index (χ0) is 19.8. The van der Waals surface area contributed by atoms with Gasteiger partial charge in [0.25, 0.3) is 0 Å². The van der Waals surface area contributed by atoms with E-state index in [1.54, 1.807) is 0 Å². The Hall–Kier alpha value is -3.04. The normalized spacial score (nSPS) is 11.0. The quantitative estimate of drug-likeness (QED) is 0.606. The van der Waals surface area contributed by atoms with Crippen LogP contribution in [0.5, 0.6) is 0 Å². The van der Waals surface area contributed by atoms with Gasteiger partial charge >= 0.3 is 12.4 Å². The summed E-state index contributed by atoms with van der Waals surface area (Å²) in [5.41, 5.74) is -0.793. The van der Waals surface area contributed by atoms with Gasteiger partial charge in [0.05, 0.1) is 11.1 Å². The lowest BCUT2D eigenvalue weighted by Gasteiger charge is -2.06. The Morgan fingerprint density at radius 3 is 1.04 bits per heavy atom. The number of benzene rings is 2. The predicted molar refractivity (Wildman–Crippen MR) is 82.3 cm³/mol. The Kier molecular flexibility index (Phi) is 7.17. The van der Waals surface area contributed by atoms with E-state index in [2.05, 4.69) is 10.6 Å². The van der Waals surface area contributed by atoms with E-state index in [1.807, 2.05) is 0 Å². The second-order valence-corrected chi connectivity index (χ2v) is 4.67. The molecule has 0 aromatic heterocycles. The zero-order valence-electron chi connectivity index (χ0n) is 12.9. The fourth-order valence-corrected chi connectivity index (χ4v) is 1.65. The molecule has 0 unspecified atom stereocenters. The van der Waals surface area contributed by atoms with Gasteiger partial charge in [-0.15, -0.1) is 0 Å². The van der Waals surface area contributed by atoms with Crippen molar-refractivity contribution >= 4 is 24.2 Å². The highest BCUT2D eigenvalue weighted by Crippen LogP contribution is 2.30. The van der Waals surface area contributed by atoms with Crippen LogP contribution in [0.2, 0.25) is 0 Å². The zero-order valence-corrected chi connectivity index (χ0v) is 12.9. The minimum atomic E-state index is -4.33. The lowest BCUT2D eigenvalue weighted by atomic mass is 10.2. The van der Waals surface area contributed by atoms with E-state index in [9.17, 15) is 35.9 Å². The second-order valence-electron chi connectivity index (χ2n) is 4.67. The maximum atomic E-state index is 12.0. The number of nitrogens with one attached hydrogen (secondary N) is 2. The van der Waals surface area contributed by atoms with Gasteiger partial charge in [0.1, 0.15) is 0 Å². The van der Waals surface area contributed by atoms with Crippen molar-refractivity contribution in [3.05, 3.63) is 59.7 Å². The number of hydrogen-bond acceptors (Lipinski definition) is 2. The predicted octanol–water partition coefficient (Wildman–Crippen LogP) is 4.55. The Labute approximate surface area is 143 Å². The highest BCUT2D eigenvalue weighted by Gasteiger charge is 2.30. The number of amides is 2. The highest BCUT2D eigenvalue weighted by molar-refractivity contribution is 5.71. The van der Waals surface area contributed by atoms with Crippen LogP contribution < -0.4 is 10.6 Å². The molecule has 0 atom stereocenters.